The summed E-state index contributed by atoms with van der Waals surface area (Å²) in [7, 11) is 3.89. The van der Waals surface area contributed by atoms with Gasteiger partial charge in [0.1, 0.15) is 11.4 Å². The molecule has 2 aromatic heterocycles. The van der Waals surface area contributed by atoms with E-state index >= 15 is 0 Å². The minimum absolute atomic E-state index is 0.210. The lowest BCUT2D eigenvalue weighted by atomic mass is 9.81. The van der Waals surface area contributed by atoms with Crippen LogP contribution in [0.1, 0.15) is 52.0 Å². The largest absolute Gasteiger partial charge is 0.444 e. The number of tetrazole rings is 1. The van der Waals surface area contributed by atoms with Crippen LogP contribution in [-0.4, -0.2) is 75.8 Å². The lowest BCUT2D eigenvalue weighted by Gasteiger charge is -2.32. The van der Waals surface area contributed by atoms with Crippen molar-refractivity contribution in [3.8, 4) is 22.5 Å². The number of hydrogen-bond acceptors (Lipinski definition) is 10. The van der Waals surface area contributed by atoms with Crippen molar-refractivity contribution in [1.82, 2.24) is 30.9 Å². The highest BCUT2D eigenvalue weighted by molar-refractivity contribution is 6.17. The molecule has 0 spiro atoms. The SMILES string of the molecule is CN(C)c1ccc(-c2ccc(C[C@H](N)C(=O)N(C(=O)C3CCC(CNC(=O)OC(C)(C)C)CC3)c3ccc(-c4nn[nH]n4)cc3)cc2)cn1. The van der Waals surface area contributed by atoms with Crippen molar-refractivity contribution >= 4 is 29.4 Å². The fourth-order valence-corrected chi connectivity index (χ4v) is 5.91. The van der Waals surface area contributed by atoms with Crippen LogP contribution in [0.4, 0.5) is 16.3 Å². The number of anilines is 2. The molecule has 1 atom stereocenters. The number of imide groups is 1. The summed E-state index contributed by atoms with van der Waals surface area (Å²) in [6, 6.07) is 17.8. The number of amides is 3. The third-order valence-corrected chi connectivity index (χ3v) is 8.57. The van der Waals surface area contributed by atoms with Crippen molar-refractivity contribution in [3.05, 3.63) is 72.4 Å². The summed E-state index contributed by atoms with van der Waals surface area (Å²) in [5.41, 5.74) is 9.94. The molecule has 49 heavy (non-hydrogen) atoms. The van der Waals surface area contributed by atoms with E-state index in [-0.39, 0.29) is 24.2 Å². The lowest BCUT2D eigenvalue weighted by Crippen LogP contribution is -2.50. The van der Waals surface area contributed by atoms with Crippen LogP contribution >= 0.6 is 0 Å². The van der Waals surface area contributed by atoms with Crippen LogP contribution in [0.3, 0.4) is 0 Å². The molecule has 4 aromatic rings. The zero-order valence-electron chi connectivity index (χ0n) is 28.7. The lowest BCUT2D eigenvalue weighted by molar-refractivity contribution is -0.130. The summed E-state index contributed by atoms with van der Waals surface area (Å²) >= 11 is 0. The standard InChI is InChI=1S/C36H45N9O4/c1-36(2,3)49-35(48)39-21-24-8-12-27(13-9-24)33(46)45(29-17-14-26(15-18-29)32-40-42-43-41-32)34(47)30(37)20-23-6-10-25(11-7-23)28-16-19-31(38-22-28)44(4)5/h6-7,10-11,14-19,22,24,27,30H,8-9,12-13,20-21,37H2,1-5H3,(H,39,48)(H,40,41,42,43)/t24?,27?,30-/m0/s1. The fraction of sp³-hybridized carbons (Fsp3) is 0.417. The molecule has 0 unspecified atom stereocenters. The predicted octanol–water partition coefficient (Wildman–Crippen LogP) is 4.76. The summed E-state index contributed by atoms with van der Waals surface area (Å²) < 4.78 is 5.35. The van der Waals surface area contributed by atoms with E-state index in [1.807, 2.05) is 82.4 Å². The van der Waals surface area contributed by atoms with Gasteiger partial charge in [-0.15, -0.1) is 10.2 Å². The molecule has 3 amide bonds. The maximum atomic E-state index is 14.1. The molecule has 1 saturated carbocycles. The molecule has 0 radical (unpaired) electrons. The van der Waals surface area contributed by atoms with Gasteiger partial charge in [0.05, 0.1) is 11.7 Å². The number of nitrogens with two attached hydrogens (primary N) is 1. The van der Waals surface area contributed by atoms with E-state index in [0.717, 1.165) is 35.3 Å². The van der Waals surface area contributed by atoms with Crippen LogP contribution in [0.15, 0.2) is 66.9 Å². The zero-order chi connectivity index (χ0) is 35.1. The monoisotopic (exact) mass is 667 g/mol. The highest BCUT2D eigenvalue weighted by Gasteiger charge is 2.35. The summed E-state index contributed by atoms with van der Waals surface area (Å²) in [4.78, 5) is 48.0. The van der Waals surface area contributed by atoms with E-state index in [1.54, 1.807) is 24.3 Å². The molecule has 5 rings (SSSR count). The van der Waals surface area contributed by atoms with Gasteiger partial charge in [-0.25, -0.2) is 14.7 Å². The molecule has 0 bridgehead atoms. The van der Waals surface area contributed by atoms with E-state index in [1.165, 1.54) is 4.90 Å². The Morgan fingerprint density at radius 1 is 0.939 bits per heavy atom. The first-order chi connectivity index (χ1) is 23.4. The molecule has 1 aliphatic rings. The maximum Gasteiger partial charge on any atom is 0.407 e. The molecule has 0 aliphatic heterocycles. The quantitative estimate of drug-likeness (QED) is 0.214. The van der Waals surface area contributed by atoms with Gasteiger partial charge in [-0.2, -0.15) is 5.21 Å². The molecule has 0 saturated heterocycles. The van der Waals surface area contributed by atoms with Gasteiger partial charge in [0.2, 0.25) is 11.7 Å². The van der Waals surface area contributed by atoms with E-state index < -0.39 is 23.6 Å². The van der Waals surface area contributed by atoms with Gasteiger partial charge in [-0.1, -0.05) is 24.3 Å². The van der Waals surface area contributed by atoms with Crippen LogP contribution in [0.25, 0.3) is 22.5 Å². The normalized spacial score (nSPS) is 16.8. The Bertz CT molecular complexity index is 1690. The van der Waals surface area contributed by atoms with Gasteiger partial charge < -0.3 is 20.7 Å². The Labute approximate surface area is 286 Å². The van der Waals surface area contributed by atoms with Gasteiger partial charge in [-0.05, 0) is 112 Å². The number of aromatic nitrogens is 5. The molecule has 2 heterocycles. The number of nitrogens with zero attached hydrogens (tertiary/aromatic N) is 6. The van der Waals surface area contributed by atoms with Crippen molar-refractivity contribution in [2.75, 3.05) is 30.4 Å². The second-order valence-corrected chi connectivity index (χ2v) is 13.7. The number of H-pyrrole nitrogens is 1. The average Bonchev–Trinajstić information content (AvgIpc) is 3.63. The van der Waals surface area contributed by atoms with Crippen molar-refractivity contribution in [2.24, 2.45) is 17.6 Å². The third-order valence-electron chi connectivity index (χ3n) is 8.57. The van der Waals surface area contributed by atoms with Crippen molar-refractivity contribution in [2.45, 2.75) is 64.5 Å². The second-order valence-electron chi connectivity index (χ2n) is 13.7. The number of carbonyl (C=O) groups is 3. The number of rotatable bonds is 10. The van der Waals surface area contributed by atoms with Crippen molar-refractivity contribution in [3.63, 3.8) is 0 Å². The summed E-state index contributed by atoms with van der Waals surface area (Å²) in [6.07, 6.45) is 4.28. The highest BCUT2D eigenvalue weighted by atomic mass is 16.6. The van der Waals surface area contributed by atoms with Crippen molar-refractivity contribution in [1.29, 1.82) is 0 Å². The smallest absolute Gasteiger partial charge is 0.407 e. The summed E-state index contributed by atoms with van der Waals surface area (Å²) in [5, 5.41) is 16.9. The molecule has 4 N–H and O–H groups in total. The number of pyridine rings is 1. The average molecular weight is 668 g/mol. The van der Waals surface area contributed by atoms with Crippen LogP contribution < -0.4 is 20.9 Å². The highest BCUT2D eigenvalue weighted by Crippen LogP contribution is 2.32. The Hall–Kier alpha value is -5.17. The Morgan fingerprint density at radius 2 is 1.59 bits per heavy atom. The summed E-state index contributed by atoms with van der Waals surface area (Å²) in [6.45, 7) is 5.93. The first-order valence-corrected chi connectivity index (χ1v) is 16.5. The fourth-order valence-electron chi connectivity index (χ4n) is 5.91. The van der Waals surface area contributed by atoms with Crippen LogP contribution in [0.2, 0.25) is 0 Å². The number of ether oxygens (including phenoxy) is 1. The number of nitrogens with one attached hydrogen (secondary N) is 2. The summed E-state index contributed by atoms with van der Waals surface area (Å²) in [5.74, 6) is 0.365. The maximum absolute atomic E-state index is 14.1. The molecule has 258 valence electrons. The van der Waals surface area contributed by atoms with E-state index in [9.17, 15) is 14.4 Å². The van der Waals surface area contributed by atoms with E-state index in [0.29, 0.717) is 36.5 Å². The molecule has 2 aromatic carbocycles. The number of benzene rings is 2. The third kappa shape index (κ3) is 9.26. The predicted molar refractivity (Wildman–Crippen MR) is 187 cm³/mol. The number of hydrogen-bond donors (Lipinski definition) is 3. The number of alkyl carbamates (subject to hydrolysis) is 1. The minimum Gasteiger partial charge on any atom is -0.444 e. The minimum atomic E-state index is -0.956. The van der Waals surface area contributed by atoms with Crippen LogP contribution in [0, 0.1) is 11.8 Å². The second kappa shape index (κ2) is 15.4. The Kier molecular flexibility index (Phi) is 11.0. The Balaban J connectivity index is 1.27. The van der Waals surface area contributed by atoms with E-state index in [4.69, 9.17) is 10.5 Å². The molecular formula is C36H45N9O4. The first kappa shape index (κ1) is 35.1. The molecule has 13 nitrogen and oxygen atoms in total. The van der Waals surface area contributed by atoms with Gasteiger partial charge >= 0.3 is 6.09 Å². The molecule has 1 fully saturated rings. The molecule has 1 aliphatic carbocycles. The number of aromatic amines is 1. The van der Waals surface area contributed by atoms with Crippen molar-refractivity contribution < 1.29 is 19.1 Å². The van der Waals surface area contributed by atoms with E-state index in [2.05, 4.69) is 30.9 Å². The van der Waals surface area contributed by atoms with Gasteiger partial charge in [0.25, 0.3) is 5.91 Å². The van der Waals surface area contributed by atoms with Gasteiger partial charge in [0, 0.05) is 43.9 Å². The van der Waals surface area contributed by atoms with Gasteiger partial charge in [0.15, 0.2) is 0 Å². The molecule has 13 heteroatoms. The molecular weight excluding hydrogens is 622 g/mol. The number of carbonyl (C=O) groups excluding carboxylic acids is 3. The van der Waals surface area contributed by atoms with Crippen LogP contribution in [-0.2, 0) is 20.7 Å². The zero-order valence-corrected chi connectivity index (χ0v) is 28.7. The first-order valence-electron chi connectivity index (χ1n) is 16.5. The van der Waals surface area contributed by atoms with Gasteiger partial charge in [-0.3, -0.25) is 9.59 Å². The Morgan fingerprint density at radius 3 is 2.16 bits per heavy atom. The van der Waals surface area contributed by atoms with Crippen LogP contribution in [0.5, 0.6) is 0 Å². The topological polar surface area (TPSA) is 172 Å².